The van der Waals surface area contributed by atoms with Crippen LogP contribution < -0.4 is 11.1 Å². The van der Waals surface area contributed by atoms with Gasteiger partial charge >= 0.3 is 0 Å². The van der Waals surface area contributed by atoms with Gasteiger partial charge in [0.25, 0.3) is 0 Å². The van der Waals surface area contributed by atoms with Gasteiger partial charge in [0.1, 0.15) is 0 Å². The van der Waals surface area contributed by atoms with E-state index in [2.05, 4.69) is 17.0 Å². The van der Waals surface area contributed by atoms with Crippen LogP contribution in [-0.4, -0.2) is 43.1 Å². The Hall–Kier alpha value is -1.69. The number of amides is 2. The molecule has 1 aliphatic rings. The number of nitrogens with zero attached hydrogens (tertiary/aromatic N) is 2. The summed E-state index contributed by atoms with van der Waals surface area (Å²) in [5.41, 5.74) is 6.45. The predicted octanol–water partition coefficient (Wildman–Crippen LogP) is -0.386. The number of hydrogen-bond acceptors (Lipinski definition) is 5. The minimum absolute atomic E-state index is 0.154. The smallest absolute Gasteiger partial charge is 0.246 e. The first-order chi connectivity index (χ1) is 8.10. The minimum atomic E-state index is -0.549. The molecule has 0 bridgehead atoms. The van der Waals surface area contributed by atoms with Crippen molar-refractivity contribution in [3.8, 4) is 0 Å². The topological polar surface area (TPSA) is 87.8 Å². The molecule has 1 fully saturated rings. The molecule has 0 spiro atoms. The Kier molecular flexibility index (Phi) is 4.84. The van der Waals surface area contributed by atoms with Crippen molar-refractivity contribution in [2.75, 3.05) is 13.6 Å². The molecule has 0 radical (unpaired) electrons. The Balaban J connectivity index is 2.60. The van der Waals surface area contributed by atoms with Gasteiger partial charge in [-0.1, -0.05) is 0 Å². The summed E-state index contributed by atoms with van der Waals surface area (Å²) >= 11 is 0. The van der Waals surface area contributed by atoms with E-state index in [0.29, 0.717) is 25.8 Å². The Bertz CT molecular complexity index is 351. The molecule has 6 nitrogen and oxygen atoms in total. The molecule has 1 aliphatic heterocycles. The number of nitrogens with one attached hydrogen (secondary N) is 1. The van der Waals surface area contributed by atoms with Gasteiger partial charge in [0.2, 0.25) is 11.8 Å². The molecule has 17 heavy (non-hydrogen) atoms. The first-order valence-corrected chi connectivity index (χ1v) is 5.52. The van der Waals surface area contributed by atoms with E-state index in [1.807, 2.05) is 0 Å². The van der Waals surface area contributed by atoms with Crippen LogP contribution in [0.2, 0.25) is 0 Å². The van der Waals surface area contributed by atoms with Crippen LogP contribution in [-0.2, 0) is 9.59 Å². The van der Waals surface area contributed by atoms with Crippen LogP contribution in [0.5, 0.6) is 0 Å². The standard InChI is InChI=1S/C11H18N4O2/c1-13-7-8(14-2)5-6-15-10(16)4-3-9(12)11(15)17/h7,9,14H,1,3-6,12H2,2H3/b8-7-. The largest absolute Gasteiger partial charge is 0.390 e. The van der Waals surface area contributed by atoms with Crippen molar-refractivity contribution in [1.29, 1.82) is 0 Å². The molecular formula is C11H18N4O2. The zero-order valence-corrected chi connectivity index (χ0v) is 9.98. The van der Waals surface area contributed by atoms with Crippen LogP contribution in [0.1, 0.15) is 19.3 Å². The quantitative estimate of drug-likeness (QED) is 0.504. The highest BCUT2D eigenvalue weighted by atomic mass is 16.2. The maximum absolute atomic E-state index is 11.7. The van der Waals surface area contributed by atoms with Crippen molar-refractivity contribution in [2.24, 2.45) is 10.7 Å². The molecular weight excluding hydrogens is 220 g/mol. The van der Waals surface area contributed by atoms with Gasteiger partial charge in [0.05, 0.1) is 6.04 Å². The summed E-state index contributed by atoms with van der Waals surface area (Å²) in [6.07, 6.45) is 2.88. The van der Waals surface area contributed by atoms with Crippen LogP contribution in [0, 0.1) is 0 Å². The maximum atomic E-state index is 11.7. The summed E-state index contributed by atoms with van der Waals surface area (Å²) in [7, 11) is 1.75. The number of nitrogens with two attached hydrogens (primary N) is 1. The number of carbonyl (C=O) groups is 2. The number of likely N-dealkylation sites (tertiary alicyclic amines) is 1. The van der Waals surface area contributed by atoms with Crippen molar-refractivity contribution in [3.05, 3.63) is 11.9 Å². The molecule has 3 N–H and O–H groups in total. The third-order valence-corrected chi connectivity index (χ3v) is 2.73. The van der Waals surface area contributed by atoms with E-state index >= 15 is 0 Å². The third kappa shape index (κ3) is 3.39. The average Bonchev–Trinajstić information content (AvgIpc) is 2.32. The number of rotatable bonds is 5. The summed E-state index contributed by atoms with van der Waals surface area (Å²) in [4.78, 5) is 28.1. The Morgan fingerprint density at radius 2 is 2.41 bits per heavy atom. The Labute approximate surface area is 101 Å². The first kappa shape index (κ1) is 13.4. The van der Waals surface area contributed by atoms with Crippen LogP contribution >= 0.6 is 0 Å². The minimum Gasteiger partial charge on any atom is -0.390 e. The maximum Gasteiger partial charge on any atom is 0.246 e. The van der Waals surface area contributed by atoms with E-state index in [0.717, 1.165) is 5.70 Å². The predicted molar refractivity (Wildman–Crippen MR) is 65.2 cm³/mol. The lowest BCUT2D eigenvalue weighted by molar-refractivity contribution is -0.149. The molecule has 6 heteroatoms. The molecule has 94 valence electrons. The molecule has 0 aromatic rings. The highest BCUT2D eigenvalue weighted by Gasteiger charge is 2.31. The van der Waals surface area contributed by atoms with Gasteiger partial charge in [-0.25, -0.2) is 0 Å². The number of hydrogen-bond donors (Lipinski definition) is 2. The highest BCUT2D eigenvalue weighted by Crippen LogP contribution is 2.13. The normalized spacial score (nSPS) is 21.6. The number of piperidine rings is 1. The molecule has 0 aromatic carbocycles. The lowest BCUT2D eigenvalue weighted by atomic mass is 10.0. The van der Waals surface area contributed by atoms with Crippen LogP contribution in [0.4, 0.5) is 0 Å². The second-order valence-corrected chi connectivity index (χ2v) is 3.87. The highest BCUT2D eigenvalue weighted by molar-refractivity contribution is 6.00. The summed E-state index contributed by atoms with van der Waals surface area (Å²) in [5.74, 6) is -0.443. The lowest BCUT2D eigenvalue weighted by Crippen LogP contribution is -2.51. The fraction of sp³-hybridized carbons (Fsp3) is 0.545. The number of aliphatic imine (C=N–C) groups is 1. The molecule has 1 unspecified atom stereocenters. The molecule has 1 atom stereocenters. The van der Waals surface area contributed by atoms with Crippen LogP contribution in [0.15, 0.2) is 16.9 Å². The fourth-order valence-electron chi connectivity index (χ4n) is 1.69. The second-order valence-electron chi connectivity index (χ2n) is 3.87. The summed E-state index contributed by atoms with van der Waals surface area (Å²) in [5, 5.41) is 2.93. The van der Waals surface area contributed by atoms with E-state index in [9.17, 15) is 9.59 Å². The van der Waals surface area contributed by atoms with E-state index in [1.54, 1.807) is 13.2 Å². The molecule has 0 aliphatic carbocycles. The Morgan fingerprint density at radius 1 is 1.71 bits per heavy atom. The van der Waals surface area contributed by atoms with E-state index < -0.39 is 6.04 Å². The van der Waals surface area contributed by atoms with Gasteiger partial charge in [0.15, 0.2) is 0 Å². The van der Waals surface area contributed by atoms with Gasteiger partial charge in [-0.2, -0.15) is 0 Å². The van der Waals surface area contributed by atoms with Gasteiger partial charge in [0, 0.05) is 38.3 Å². The molecule has 1 heterocycles. The molecule has 0 saturated carbocycles. The SMILES string of the molecule is C=N/C=C(/CCN1C(=O)CCC(N)C1=O)NC. The molecule has 0 aromatic heterocycles. The zero-order chi connectivity index (χ0) is 12.8. The summed E-state index contributed by atoms with van der Waals surface area (Å²) in [6, 6.07) is -0.549. The van der Waals surface area contributed by atoms with E-state index in [-0.39, 0.29) is 11.8 Å². The van der Waals surface area contributed by atoms with Crippen LogP contribution in [0.25, 0.3) is 0 Å². The van der Waals surface area contributed by atoms with Gasteiger partial charge in [-0.3, -0.25) is 19.5 Å². The molecule has 1 rings (SSSR count). The van der Waals surface area contributed by atoms with Gasteiger partial charge in [-0.05, 0) is 13.1 Å². The zero-order valence-electron chi connectivity index (χ0n) is 9.98. The fourth-order valence-corrected chi connectivity index (χ4v) is 1.69. The summed E-state index contributed by atoms with van der Waals surface area (Å²) < 4.78 is 0. The van der Waals surface area contributed by atoms with E-state index in [1.165, 1.54) is 4.90 Å². The average molecular weight is 238 g/mol. The third-order valence-electron chi connectivity index (χ3n) is 2.73. The summed E-state index contributed by atoms with van der Waals surface area (Å²) in [6.45, 7) is 3.68. The van der Waals surface area contributed by atoms with Crippen molar-refractivity contribution < 1.29 is 9.59 Å². The molecule has 1 saturated heterocycles. The van der Waals surface area contributed by atoms with Crippen molar-refractivity contribution in [2.45, 2.75) is 25.3 Å². The first-order valence-electron chi connectivity index (χ1n) is 5.52. The van der Waals surface area contributed by atoms with Crippen molar-refractivity contribution >= 4 is 18.5 Å². The van der Waals surface area contributed by atoms with E-state index in [4.69, 9.17) is 5.73 Å². The monoisotopic (exact) mass is 238 g/mol. The van der Waals surface area contributed by atoms with Crippen molar-refractivity contribution in [1.82, 2.24) is 10.2 Å². The Morgan fingerprint density at radius 3 is 3.00 bits per heavy atom. The van der Waals surface area contributed by atoms with Crippen LogP contribution in [0.3, 0.4) is 0 Å². The van der Waals surface area contributed by atoms with Gasteiger partial charge < -0.3 is 11.1 Å². The lowest BCUT2D eigenvalue weighted by Gasteiger charge is -2.28. The number of carbonyl (C=O) groups excluding carboxylic acids is 2. The number of imide groups is 1. The second kappa shape index (κ2) is 6.15. The van der Waals surface area contributed by atoms with Gasteiger partial charge in [-0.15, -0.1) is 0 Å². The van der Waals surface area contributed by atoms with Crippen molar-refractivity contribution in [3.63, 3.8) is 0 Å². The molecule has 2 amide bonds.